The molecule has 130 valence electrons. The molecule has 2 aromatic rings. The third kappa shape index (κ3) is 4.47. The van der Waals surface area contributed by atoms with Gasteiger partial charge in [-0.1, -0.05) is 24.3 Å². The number of nitrogens with one attached hydrogen (secondary N) is 1. The topological polar surface area (TPSA) is 55.4 Å². The van der Waals surface area contributed by atoms with Gasteiger partial charge in [0.05, 0.1) is 6.42 Å². The molecule has 0 saturated carbocycles. The summed E-state index contributed by atoms with van der Waals surface area (Å²) in [5.41, 5.74) is 6.64. The van der Waals surface area contributed by atoms with Crippen molar-refractivity contribution in [2.24, 2.45) is 0 Å². The van der Waals surface area contributed by atoms with E-state index in [0.717, 1.165) is 29.7 Å². The molecule has 1 aliphatic carbocycles. The first-order valence-electron chi connectivity index (χ1n) is 8.64. The molecule has 25 heavy (non-hydrogen) atoms. The molecule has 0 bridgehead atoms. The maximum absolute atomic E-state index is 12.0. The van der Waals surface area contributed by atoms with Crippen LogP contribution in [0.1, 0.15) is 34.2 Å². The normalized spacial score (nSPS) is 12.6. The van der Waals surface area contributed by atoms with E-state index in [9.17, 15) is 9.59 Å². The van der Waals surface area contributed by atoms with E-state index < -0.39 is 5.97 Å². The minimum Gasteiger partial charge on any atom is -0.455 e. The Morgan fingerprint density at radius 2 is 1.80 bits per heavy atom. The first kappa shape index (κ1) is 17.2. The lowest BCUT2D eigenvalue weighted by molar-refractivity contribution is -0.146. The molecule has 3 rings (SSSR count). The van der Waals surface area contributed by atoms with Gasteiger partial charge in [-0.15, -0.1) is 0 Å². The van der Waals surface area contributed by atoms with Crippen molar-refractivity contribution in [3.8, 4) is 0 Å². The standard InChI is InChI=1S/C21H23NO3/c1-14-6-7-16(10-15(14)2)11-21(24)25-13-20(23)22-19-9-8-17-4-3-5-18(17)12-19/h6-10,12H,3-5,11,13H2,1-2H3,(H,22,23). The van der Waals surface area contributed by atoms with Crippen LogP contribution in [0.25, 0.3) is 0 Å². The number of rotatable bonds is 5. The minimum absolute atomic E-state index is 0.174. The number of fused-ring (bicyclic) bond motifs is 1. The molecule has 0 aromatic heterocycles. The maximum Gasteiger partial charge on any atom is 0.310 e. The quantitative estimate of drug-likeness (QED) is 0.850. The second-order valence-corrected chi connectivity index (χ2v) is 6.64. The van der Waals surface area contributed by atoms with Crippen LogP contribution in [0.15, 0.2) is 36.4 Å². The molecule has 0 heterocycles. The Bertz CT molecular complexity index is 811. The van der Waals surface area contributed by atoms with E-state index in [0.29, 0.717) is 0 Å². The third-order valence-corrected chi connectivity index (χ3v) is 4.67. The molecular weight excluding hydrogens is 314 g/mol. The van der Waals surface area contributed by atoms with E-state index in [2.05, 4.69) is 11.4 Å². The smallest absolute Gasteiger partial charge is 0.310 e. The number of ether oxygens (including phenoxy) is 1. The highest BCUT2D eigenvalue weighted by Gasteiger charge is 2.13. The van der Waals surface area contributed by atoms with E-state index in [1.807, 2.05) is 44.2 Å². The first-order chi connectivity index (χ1) is 12.0. The van der Waals surface area contributed by atoms with Crippen LogP contribution < -0.4 is 5.32 Å². The first-order valence-corrected chi connectivity index (χ1v) is 8.64. The van der Waals surface area contributed by atoms with Crippen LogP contribution in [-0.2, 0) is 33.6 Å². The molecule has 0 fully saturated rings. The molecule has 0 atom stereocenters. The van der Waals surface area contributed by atoms with Crippen molar-refractivity contribution in [2.75, 3.05) is 11.9 Å². The van der Waals surface area contributed by atoms with Gasteiger partial charge < -0.3 is 10.1 Å². The van der Waals surface area contributed by atoms with Crippen molar-refractivity contribution in [3.63, 3.8) is 0 Å². The van der Waals surface area contributed by atoms with E-state index in [1.54, 1.807) is 0 Å². The van der Waals surface area contributed by atoms with Crippen molar-refractivity contribution in [2.45, 2.75) is 39.5 Å². The van der Waals surface area contributed by atoms with Crippen molar-refractivity contribution < 1.29 is 14.3 Å². The lowest BCUT2D eigenvalue weighted by atomic mass is 10.0. The molecule has 4 nitrogen and oxygen atoms in total. The Balaban J connectivity index is 1.48. The lowest BCUT2D eigenvalue weighted by Crippen LogP contribution is -2.21. The number of aryl methyl sites for hydroxylation is 4. The van der Waals surface area contributed by atoms with Crippen LogP contribution in [0.5, 0.6) is 0 Å². The second-order valence-electron chi connectivity index (χ2n) is 6.64. The highest BCUT2D eigenvalue weighted by molar-refractivity contribution is 5.93. The monoisotopic (exact) mass is 337 g/mol. The van der Waals surface area contributed by atoms with Gasteiger partial charge in [-0.2, -0.15) is 0 Å². The van der Waals surface area contributed by atoms with Gasteiger partial charge in [-0.3, -0.25) is 9.59 Å². The average molecular weight is 337 g/mol. The summed E-state index contributed by atoms with van der Waals surface area (Å²) in [6.45, 7) is 3.77. The zero-order valence-corrected chi connectivity index (χ0v) is 14.7. The molecule has 0 aliphatic heterocycles. The Kier molecular flexibility index (Phi) is 5.17. The third-order valence-electron chi connectivity index (χ3n) is 4.67. The van der Waals surface area contributed by atoms with Gasteiger partial charge in [-0.05, 0) is 73.1 Å². The number of carbonyl (C=O) groups excluding carboxylic acids is 2. The van der Waals surface area contributed by atoms with E-state index in [-0.39, 0.29) is 18.9 Å². The molecule has 4 heteroatoms. The fourth-order valence-electron chi connectivity index (χ4n) is 3.12. The van der Waals surface area contributed by atoms with Crippen molar-refractivity contribution >= 4 is 17.6 Å². The summed E-state index contributed by atoms with van der Waals surface area (Å²) < 4.78 is 5.09. The van der Waals surface area contributed by atoms with Gasteiger partial charge in [0.1, 0.15) is 0 Å². The van der Waals surface area contributed by atoms with Gasteiger partial charge in [0.2, 0.25) is 0 Å². The number of amides is 1. The summed E-state index contributed by atoms with van der Waals surface area (Å²) in [6.07, 6.45) is 3.51. The summed E-state index contributed by atoms with van der Waals surface area (Å²) in [7, 11) is 0. The van der Waals surface area contributed by atoms with Crippen molar-refractivity contribution in [3.05, 3.63) is 64.2 Å². The highest BCUT2D eigenvalue weighted by atomic mass is 16.5. The summed E-state index contributed by atoms with van der Waals surface area (Å²) in [6, 6.07) is 11.8. The Hall–Kier alpha value is -2.62. The Morgan fingerprint density at radius 1 is 1.00 bits per heavy atom. The highest BCUT2D eigenvalue weighted by Crippen LogP contribution is 2.24. The molecule has 0 saturated heterocycles. The van der Waals surface area contributed by atoms with Gasteiger partial charge in [0, 0.05) is 5.69 Å². The predicted octanol–water partition coefficient (Wildman–Crippen LogP) is 3.52. The predicted molar refractivity (Wildman–Crippen MR) is 97.7 cm³/mol. The fourth-order valence-corrected chi connectivity index (χ4v) is 3.12. The van der Waals surface area contributed by atoms with E-state index >= 15 is 0 Å². The van der Waals surface area contributed by atoms with Crippen LogP contribution in [0.4, 0.5) is 5.69 Å². The number of benzene rings is 2. The van der Waals surface area contributed by atoms with Crippen LogP contribution in [0.3, 0.4) is 0 Å². The number of hydrogen-bond donors (Lipinski definition) is 1. The molecule has 1 amide bonds. The zero-order chi connectivity index (χ0) is 17.8. The molecule has 1 aliphatic rings. The molecular formula is C21H23NO3. The average Bonchev–Trinajstić information content (AvgIpc) is 3.04. The van der Waals surface area contributed by atoms with Crippen LogP contribution >= 0.6 is 0 Å². The Labute approximate surface area is 148 Å². The number of esters is 1. The van der Waals surface area contributed by atoms with Gasteiger partial charge in [0.25, 0.3) is 5.91 Å². The maximum atomic E-state index is 12.0. The van der Waals surface area contributed by atoms with E-state index in [1.165, 1.54) is 23.1 Å². The van der Waals surface area contributed by atoms with Gasteiger partial charge in [0.15, 0.2) is 6.61 Å². The van der Waals surface area contributed by atoms with Gasteiger partial charge >= 0.3 is 5.97 Å². The second kappa shape index (κ2) is 7.51. The molecule has 1 N–H and O–H groups in total. The molecule has 0 spiro atoms. The summed E-state index contributed by atoms with van der Waals surface area (Å²) in [5, 5.41) is 2.79. The van der Waals surface area contributed by atoms with Crippen molar-refractivity contribution in [1.29, 1.82) is 0 Å². The van der Waals surface area contributed by atoms with Crippen LogP contribution in [0, 0.1) is 13.8 Å². The van der Waals surface area contributed by atoms with Crippen LogP contribution in [0.2, 0.25) is 0 Å². The lowest BCUT2D eigenvalue weighted by Gasteiger charge is -2.09. The summed E-state index contributed by atoms with van der Waals surface area (Å²) in [4.78, 5) is 23.9. The zero-order valence-electron chi connectivity index (χ0n) is 14.7. The molecule has 2 aromatic carbocycles. The Morgan fingerprint density at radius 3 is 2.60 bits per heavy atom. The molecule has 0 unspecified atom stereocenters. The summed E-state index contributed by atoms with van der Waals surface area (Å²) >= 11 is 0. The molecule has 0 radical (unpaired) electrons. The SMILES string of the molecule is Cc1ccc(CC(=O)OCC(=O)Nc2ccc3c(c2)CCC3)cc1C. The van der Waals surface area contributed by atoms with E-state index in [4.69, 9.17) is 4.74 Å². The minimum atomic E-state index is -0.396. The summed E-state index contributed by atoms with van der Waals surface area (Å²) in [5.74, 6) is -0.709. The van der Waals surface area contributed by atoms with Crippen LogP contribution in [-0.4, -0.2) is 18.5 Å². The largest absolute Gasteiger partial charge is 0.455 e. The van der Waals surface area contributed by atoms with Crippen molar-refractivity contribution in [1.82, 2.24) is 0 Å². The fraction of sp³-hybridized carbons (Fsp3) is 0.333. The number of carbonyl (C=O) groups is 2. The number of hydrogen-bond acceptors (Lipinski definition) is 3. The van der Waals surface area contributed by atoms with Gasteiger partial charge in [-0.25, -0.2) is 0 Å². The number of anilines is 1.